The highest BCUT2D eigenvalue weighted by molar-refractivity contribution is 5.51. The molecule has 0 amide bonds. The van der Waals surface area contributed by atoms with Crippen LogP contribution in [0.4, 0.5) is 4.39 Å². The first-order chi connectivity index (χ1) is 8.77. The molecule has 4 heteroatoms. The predicted octanol–water partition coefficient (Wildman–Crippen LogP) is 2.47. The zero-order valence-electron chi connectivity index (χ0n) is 10.9. The van der Waals surface area contributed by atoms with Crippen molar-refractivity contribution in [2.24, 2.45) is 0 Å². The molecule has 0 radical (unpaired) electrons. The van der Waals surface area contributed by atoms with E-state index in [2.05, 4.69) is 5.32 Å². The third-order valence-corrected chi connectivity index (χ3v) is 2.48. The van der Waals surface area contributed by atoms with E-state index in [4.69, 9.17) is 9.47 Å². The lowest BCUT2D eigenvalue weighted by atomic mass is 10.2. The number of methoxy groups -OCH3 is 2. The summed E-state index contributed by atoms with van der Waals surface area (Å²) >= 11 is 0. The van der Waals surface area contributed by atoms with Gasteiger partial charge in [0, 0.05) is 25.3 Å². The average molecular weight is 253 g/mol. The zero-order chi connectivity index (χ0) is 13.2. The first-order valence-electron chi connectivity index (χ1n) is 5.97. The smallest absolute Gasteiger partial charge is 0.134 e. The van der Waals surface area contributed by atoms with E-state index < -0.39 is 0 Å². The molecule has 1 N–H and O–H groups in total. The summed E-state index contributed by atoms with van der Waals surface area (Å²) in [5.41, 5.74) is 0.577. The molecule has 0 aliphatic heterocycles. The lowest BCUT2D eigenvalue weighted by Gasteiger charge is -2.02. The van der Waals surface area contributed by atoms with Crippen molar-refractivity contribution in [3.05, 3.63) is 35.7 Å². The van der Waals surface area contributed by atoms with Crippen LogP contribution in [0.2, 0.25) is 0 Å². The Morgan fingerprint density at radius 1 is 1.28 bits per heavy atom. The topological polar surface area (TPSA) is 30.5 Å². The van der Waals surface area contributed by atoms with Crippen LogP contribution in [0.15, 0.2) is 24.3 Å². The van der Waals surface area contributed by atoms with Crippen molar-refractivity contribution < 1.29 is 13.9 Å². The second kappa shape index (κ2) is 8.66. The van der Waals surface area contributed by atoms with Gasteiger partial charge in [0.05, 0.1) is 13.7 Å². The minimum Gasteiger partial charge on any atom is -0.497 e. The van der Waals surface area contributed by atoms with Gasteiger partial charge in [-0.3, -0.25) is 0 Å². The Kier molecular flexibility index (Phi) is 7.06. The number of ether oxygens (including phenoxy) is 2. The van der Waals surface area contributed by atoms with Gasteiger partial charge in [0.2, 0.25) is 0 Å². The fourth-order valence-electron chi connectivity index (χ4n) is 1.46. The molecule has 0 aromatic heterocycles. The highest BCUT2D eigenvalue weighted by Crippen LogP contribution is 2.17. The van der Waals surface area contributed by atoms with Crippen molar-refractivity contribution in [3.63, 3.8) is 0 Å². The van der Waals surface area contributed by atoms with Crippen molar-refractivity contribution in [3.8, 4) is 5.75 Å². The molecule has 0 unspecified atom stereocenters. The Balaban J connectivity index is 2.33. The van der Waals surface area contributed by atoms with E-state index in [0.717, 1.165) is 19.5 Å². The lowest BCUT2D eigenvalue weighted by molar-refractivity contribution is 0.199. The van der Waals surface area contributed by atoms with Crippen molar-refractivity contribution in [2.75, 3.05) is 33.9 Å². The third-order valence-electron chi connectivity index (χ3n) is 2.48. The highest BCUT2D eigenvalue weighted by atomic mass is 19.1. The van der Waals surface area contributed by atoms with Crippen LogP contribution in [-0.2, 0) is 4.74 Å². The van der Waals surface area contributed by atoms with Gasteiger partial charge < -0.3 is 14.8 Å². The average Bonchev–Trinajstić information content (AvgIpc) is 2.39. The minimum absolute atomic E-state index is 0.266. The Morgan fingerprint density at radius 2 is 2.11 bits per heavy atom. The molecule has 0 aliphatic rings. The summed E-state index contributed by atoms with van der Waals surface area (Å²) in [7, 11) is 3.20. The molecular weight excluding hydrogens is 233 g/mol. The van der Waals surface area contributed by atoms with E-state index in [1.54, 1.807) is 25.3 Å². The Morgan fingerprint density at radius 3 is 2.78 bits per heavy atom. The van der Waals surface area contributed by atoms with E-state index in [0.29, 0.717) is 17.9 Å². The monoisotopic (exact) mass is 253 g/mol. The summed E-state index contributed by atoms with van der Waals surface area (Å²) in [4.78, 5) is 0. The molecule has 0 heterocycles. The number of halogens is 1. The van der Waals surface area contributed by atoms with E-state index in [1.807, 2.05) is 6.08 Å². The van der Waals surface area contributed by atoms with E-state index in [-0.39, 0.29) is 5.82 Å². The fourth-order valence-corrected chi connectivity index (χ4v) is 1.46. The van der Waals surface area contributed by atoms with Crippen molar-refractivity contribution in [1.29, 1.82) is 0 Å². The maximum absolute atomic E-state index is 13.5. The summed E-state index contributed by atoms with van der Waals surface area (Å²) < 4.78 is 23.4. The number of hydrogen-bond acceptors (Lipinski definition) is 3. The molecule has 3 nitrogen and oxygen atoms in total. The Labute approximate surface area is 108 Å². The predicted molar refractivity (Wildman–Crippen MR) is 71.3 cm³/mol. The minimum atomic E-state index is -0.266. The van der Waals surface area contributed by atoms with Gasteiger partial charge in [-0.05, 0) is 25.1 Å². The van der Waals surface area contributed by atoms with Gasteiger partial charge in [0.25, 0.3) is 0 Å². The Bertz CT molecular complexity index is 380. The van der Waals surface area contributed by atoms with Gasteiger partial charge >= 0.3 is 0 Å². The number of nitrogens with one attached hydrogen (secondary N) is 1. The van der Waals surface area contributed by atoms with Crippen molar-refractivity contribution in [2.45, 2.75) is 6.42 Å². The maximum atomic E-state index is 13.5. The van der Waals surface area contributed by atoms with E-state index in [1.165, 1.54) is 13.2 Å². The second-order valence-electron chi connectivity index (χ2n) is 3.82. The molecule has 1 aromatic carbocycles. The van der Waals surface area contributed by atoms with Crippen molar-refractivity contribution >= 4 is 6.08 Å². The molecule has 0 fully saturated rings. The van der Waals surface area contributed by atoms with E-state index >= 15 is 0 Å². The molecule has 0 aliphatic carbocycles. The fraction of sp³-hybridized carbons (Fsp3) is 0.429. The standard InChI is InChI=1S/C14H20FNO2/c1-17-10-9-16-8-4-3-5-12-6-7-13(18-2)11-14(12)15/h3,5-7,11,16H,4,8-10H2,1-2H3/b5-3+. The molecule has 0 bridgehead atoms. The zero-order valence-corrected chi connectivity index (χ0v) is 10.9. The van der Waals surface area contributed by atoms with Crippen LogP contribution < -0.4 is 10.1 Å². The molecule has 1 rings (SSSR count). The quantitative estimate of drug-likeness (QED) is 0.722. The summed E-state index contributed by atoms with van der Waals surface area (Å²) in [6.45, 7) is 2.40. The molecule has 0 saturated heterocycles. The van der Waals surface area contributed by atoms with Crippen LogP contribution in [0.3, 0.4) is 0 Å². The lowest BCUT2D eigenvalue weighted by Crippen LogP contribution is -2.19. The van der Waals surface area contributed by atoms with Gasteiger partial charge in [-0.1, -0.05) is 12.2 Å². The molecular formula is C14H20FNO2. The SMILES string of the molecule is COCCNCC/C=C/c1ccc(OC)cc1F. The van der Waals surface area contributed by atoms with Crippen LogP contribution in [0.1, 0.15) is 12.0 Å². The van der Waals surface area contributed by atoms with Gasteiger partial charge in [-0.15, -0.1) is 0 Å². The number of benzene rings is 1. The second-order valence-corrected chi connectivity index (χ2v) is 3.82. The van der Waals surface area contributed by atoms with E-state index in [9.17, 15) is 4.39 Å². The molecule has 0 atom stereocenters. The largest absolute Gasteiger partial charge is 0.497 e. The molecule has 0 saturated carbocycles. The first-order valence-corrected chi connectivity index (χ1v) is 5.97. The van der Waals surface area contributed by atoms with Gasteiger partial charge in [-0.2, -0.15) is 0 Å². The maximum Gasteiger partial charge on any atom is 0.134 e. The first kappa shape index (κ1) is 14.7. The normalized spacial score (nSPS) is 11.1. The summed E-state index contributed by atoms with van der Waals surface area (Å²) in [5.74, 6) is 0.267. The van der Waals surface area contributed by atoms with Crippen LogP contribution >= 0.6 is 0 Å². The van der Waals surface area contributed by atoms with Crippen LogP contribution in [-0.4, -0.2) is 33.9 Å². The molecule has 18 heavy (non-hydrogen) atoms. The van der Waals surface area contributed by atoms with Gasteiger partial charge in [0.15, 0.2) is 0 Å². The van der Waals surface area contributed by atoms with Crippen molar-refractivity contribution in [1.82, 2.24) is 5.32 Å². The number of rotatable bonds is 8. The summed E-state index contributed by atoms with van der Waals surface area (Å²) in [5, 5.41) is 3.22. The Hall–Kier alpha value is -1.39. The number of hydrogen-bond donors (Lipinski definition) is 1. The molecule has 0 spiro atoms. The van der Waals surface area contributed by atoms with Gasteiger partial charge in [-0.25, -0.2) is 4.39 Å². The van der Waals surface area contributed by atoms with Crippen LogP contribution in [0.25, 0.3) is 6.08 Å². The highest BCUT2D eigenvalue weighted by Gasteiger charge is 1.99. The van der Waals surface area contributed by atoms with Crippen LogP contribution in [0, 0.1) is 5.82 Å². The third kappa shape index (κ3) is 5.29. The summed E-state index contributed by atoms with van der Waals surface area (Å²) in [6.07, 6.45) is 4.59. The molecule has 100 valence electrons. The molecule has 1 aromatic rings. The summed E-state index contributed by atoms with van der Waals surface area (Å²) in [6, 6.07) is 4.85. The van der Waals surface area contributed by atoms with Crippen LogP contribution in [0.5, 0.6) is 5.75 Å². The van der Waals surface area contributed by atoms with Gasteiger partial charge in [0.1, 0.15) is 11.6 Å².